The molecule has 6 heteroatoms. The van der Waals surface area contributed by atoms with Gasteiger partial charge in [0.05, 0.1) is 10.9 Å². The number of aromatic amines is 1. The van der Waals surface area contributed by atoms with Crippen LogP contribution in [0.1, 0.15) is 17.5 Å². The highest BCUT2D eigenvalue weighted by atomic mass is 32.1. The Hall–Kier alpha value is -2.44. The molecular weight excluding hydrogens is 332 g/mol. The number of thiophene rings is 1. The molecule has 5 nitrogen and oxygen atoms in total. The summed E-state index contributed by atoms with van der Waals surface area (Å²) in [7, 11) is 0. The fourth-order valence-corrected chi connectivity index (χ4v) is 4.39. The van der Waals surface area contributed by atoms with Gasteiger partial charge in [-0.15, -0.1) is 11.3 Å². The number of nitrogens with zero attached hydrogens (tertiary/aromatic N) is 2. The molecule has 128 valence electrons. The number of pyridine rings is 1. The van der Waals surface area contributed by atoms with Crippen LogP contribution >= 0.6 is 11.3 Å². The third kappa shape index (κ3) is 2.49. The number of benzene rings is 1. The number of aryl methyl sites for hydroxylation is 2. The van der Waals surface area contributed by atoms with Crippen molar-refractivity contribution in [2.75, 3.05) is 6.54 Å². The van der Waals surface area contributed by atoms with Crippen LogP contribution in [0.15, 0.2) is 35.1 Å². The molecule has 3 heterocycles. The number of H-pyrrole nitrogens is 1. The fraction of sp³-hybridized carbons (Fsp3) is 0.263. The molecule has 3 aromatic heterocycles. The van der Waals surface area contributed by atoms with Crippen molar-refractivity contribution in [1.29, 1.82) is 0 Å². The van der Waals surface area contributed by atoms with Crippen molar-refractivity contribution < 1.29 is 0 Å². The lowest BCUT2D eigenvalue weighted by Crippen LogP contribution is -2.20. The summed E-state index contributed by atoms with van der Waals surface area (Å²) in [4.78, 5) is 15.3. The fourth-order valence-electron chi connectivity index (χ4n) is 3.37. The second kappa shape index (κ2) is 6.13. The summed E-state index contributed by atoms with van der Waals surface area (Å²) in [5.74, 6) is 0. The molecule has 0 radical (unpaired) electrons. The van der Waals surface area contributed by atoms with Gasteiger partial charge in [0, 0.05) is 27.4 Å². The van der Waals surface area contributed by atoms with E-state index >= 15 is 0 Å². The van der Waals surface area contributed by atoms with E-state index in [-0.39, 0.29) is 5.56 Å². The number of nitrogens with one attached hydrogen (secondary N) is 1. The Kier molecular flexibility index (Phi) is 3.94. The molecule has 0 spiro atoms. The molecule has 0 saturated heterocycles. The summed E-state index contributed by atoms with van der Waals surface area (Å²) in [6, 6.07) is 10.5. The minimum Gasteiger partial charge on any atom is -0.330 e. The van der Waals surface area contributed by atoms with E-state index in [1.807, 2.05) is 24.5 Å². The Balaban J connectivity index is 2.00. The zero-order valence-corrected chi connectivity index (χ0v) is 15.1. The van der Waals surface area contributed by atoms with Crippen LogP contribution in [-0.4, -0.2) is 21.3 Å². The van der Waals surface area contributed by atoms with Crippen LogP contribution in [0.5, 0.6) is 0 Å². The van der Waals surface area contributed by atoms with E-state index in [0.29, 0.717) is 18.5 Å². The second-order valence-electron chi connectivity index (χ2n) is 6.16. The van der Waals surface area contributed by atoms with Crippen LogP contribution in [0.2, 0.25) is 0 Å². The van der Waals surface area contributed by atoms with E-state index in [9.17, 15) is 4.79 Å². The smallest absolute Gasteiger partial charge is 0.262 e. The van der Waals surface area contributed by atoms with Gasteiger partial charge in [-0.3, -0.25) is 9.89 Å². The minimum atomic E-state index is 0.0188. The Bertz CT molecular complexity index is 1140. The number of aromatic nitrogens is 3. The van der Waals surface area contributed by atoms with Crippen molar-refractivity contribution in [3.8, 4) is 10.4 Å². The molecule has 0 aliphatic heterocycles. The zero-order chi connectivity index (χ0) is 17.6. The Morgan fingerprint density at radius 1 is 1.28 bits per heavy atom. The Labute approximate surface area is 149 Å². The summed E-state index contributed by atoms with van der Waals surface area (Å²) in [5.41, 5.74) is 9.31. The van der Waals surface area contributed by atoms with Gasteiger partial charge in [0.1, 0.15) is 5.52 Å². The van der Waals surface area contributed by atoms with Crippen LogP contribution in [0.25, 0.3) is 32.2 Å². The maximum Gasteiger partial charge on any atom is 0.262 e. The van der Waals surface area contributed by atoms with Crippen molar-refractivity contribution in [2.45, 2.75) is 26.8 Å². The zero-order valence-electron chi connectivity index (χ0n) is 14.3. The number of nitrogens with two attached hydrogens (primary N) is 1. The lowest BCUT2D eigenvalue weighted by atomic mass is 10.1. The predicted molar refractivity (Wildman–Crippen MR) is 104 cm³/mol. The van der Waals surface area contributed by atoms with Gasteiger partial charge < -0.3 is 10.3 Å². The number of fused-ring (bicyclic) bond motifs is 3. The number of rotatable bonds is 4. The van der Waals surface area contributed by atoms with E-state index in [0.717, 1.165) is 34.1 Å². The van der Waals surface area contributed by atoms with E-state index < -0.39 is 0 Å². The van der Waals surface area contributed by atoms with E-state index in [2.05, 4.69) is 34.5 Å². The predicted octanol–water partition coefficient (Wildman–Crippen LogP) is 3.44. The minimum absolute atomic E-state index is 0.0188. The molecule has 0 aliphatic carbocycles. The van der Waals surface area contributed by atoms with Crippen molar-refractivity contribution in [3.63, 3.8) is 0 Å². The molecule has 0 amide bonds. The van der Waals surface area contributed by atoms with Crippen LogP contribution < -0.4 is 11.3 Å². The first-order valence-electron chi connectivity index (χ1n) is 8.44. The molecule has 0 bridgehead atoms. The van der Waals surface area contributed by atoms with Gasteiger partial charge >= 0.3 is 0 Å². The summed E-state index contributed by atoms with van der Waals surface area (Å²) >= 11 is 1.77. The van der Waals surface area contributed by atoms with Gasteiger partial charge in [-0.2, -0.15) is 5.10 Å². The van der Waals surface area contributed by atoms with Gasteiger partial charge in [0.25, 0.3) is 5.56 Å². The van der Waals surface area contributed by atoms with E-state index in [4.69, 9.17) is 5.73 Å². The van der Waals surface area contributed by atoms with Crippen molar-refractivity contribution in [2.24, 2.45) is 5.73 Å². The second-order valence-corrected chi connectivity index (χ2v) is 7.33. The normalized spacial score (nSPS) is 11.6. The Morgan fingerprint density at radius 3 is 2.88 bits per heavy atom. The molecule has 4 aromatic rings. The SMILES string of the molecule is CCn1c(=O)c2c(C)[nH]nc2c2cc(-c3ccc(CCN)s3)ccc21. The maximum absolute atomic E-state index is 12.8. The third-order valence-corrected chi connectivity index (χ3v) is 5.80. The molecule has 0 unspecified atom stereocenters. The van der Waals surface area contributed by atoms with E-state index in [1.165, 1.54) is 9.75 Å². The number of hydrogen-bond donors (Lipinski definition) is 2. The van der Waals surface area contributed by atoms with Gasteiger partial charge in [-0.25, -0.2) is 0 Å². The van der Waals surface area contributed by atoms with Gasteiger partial charge in [0.2, 0.25) is 0 Å². The molecule has 25 heavy (non-hydrogen) atoms. The van der Waals surface area contributed by atoms with Crippen LogP contribution in [0.3, 0.4) is 0 Å². The molecular formula is C19H20N4OS. The standard InChI is InChI=1S/C19H20N4OS/c1-3-23-15-6-4-12(16-7-5-13(25-16)8-9-20)10-14(15)18-17(19(23)24)11(2)21-22-18/h4-7,10H,3,8-9,20H2,1-2H3,(H,21,22). The molecule has 0 fully saturated rings. The van der Waals surface area contributed by atoms with Crippen molar-refractivity contribution in [3.05, 3.63) is 51.3 Å². The quantitative estimate of drug-likeness (QED) is 0.591. The lowest BCUT2D eigenvalue weighted by Gasteiger charge is -2.10. The lowest BCUT2D eigenvalue weighted by molar-refractivity contribution is 0.766. The van der Waals surface area contributed by atoms with E-state index in [1.54, 1.807) is 11.3 Å². The van der Waals surface area contributed by atoms with Crippen molar-refractivity contribution >= 4 is 33.1 Å². The van der Waals surface area contributed by atoms with Gasteiger partial charge in [-0.1, -0.05) is 6.07 Å². The first-order valence-corrected chi connectivity index (χ1v) is 9.26. The summed E-state index contributed by atoms with van der Waals surface area (Å²) in [6.07, 6.45) is 0.899. The summed E-state index contributed by atoms with van der Waals surface area (Å²) < 4.78 is 1.82. The van der Waals surface area contributed by atoms with Gasteiger partial charge in [-0.05, 0) is 56.6 Å². The first kappa shape index (κ1) is 16.1. The number of hydrogen-bond acceptors (Lipinski definition) is 4. The average molecular weight is 352 g/mol. The van der Waals surface area contributed by atoms with Gasteiger partial charge in [0.15, 0.2) is 0 Å². The molecule has 0 aliphatic rings. The molecule has 1 aromatic carbocycles. The Morgan fingerprint density at radius 2 is 2.12 bits per heavy atom. The monoisotopic (exact) mass is 352 g/mol. The molecule has 4 rings (SSSR count). The summed E-state index contributed by atoms with van der Waals surface area (Å²) in [6.45, 7) is 5.18. The average Bonchev–Trinajstić information content (AvgIpc) is 3.23. The van der Waals surface area contributed by atoms with Crippen LogP contribution in [0.4, 0.5) is 0 Å². The topological polar surface area (TPSA) is 76.7 Å². The first-order chi connectivity index (χ1) is 12.1. The van der Waals surface area contributed by atoms with Crippen molar-refractivity contribution in [1.82, 2.24) is 14.8 Å². The highest BCUT2D eigenvalue weighted by molar-refractivity contribution is 7.15. The maximum atomic E-state index is 12.8. The van der Waals surface area contributed by atoms with Crippen LogP contribution in [0, 0.1) is 6.92 Å². The largest absolute Gasteiger partial charge is 0.330 e. The third-order valence-electron chi connectivity index (χ3n) is 4.60. The highest BCUT2D eigenvalue weighted by Gasteiger charge is 2.15. The van der Waals surface area contributed by atoms with Crippen LogP contribution in [-0.2, 0) is 13.0 Å². The molecule has 0 saturated carbocycles. The molecule has 0 atom stereocenters. The molecule has 3 N–H and O–H groups in total. The highest BCUT2D eigenvalue weighted by Crippen LogP contribution is 2.32. The summed E-state index contributed by atoms with van der Waals surface area (Å²) in [5, 5.41) is 9.06.